The van der Waals surface area contributed by atoms with E-state index in [0.29, 0.717) is 11.8 Å². The summed E-state index contributed by atoms with van der Waals surface area (Å²) in [4.78, 5) is 12.0. The second kappa shape index (κ2) is 5.88. The second-order valence-corrected chi connectivity index (χ2v) is 12.1. The zero-order valence-corrected chi connectivity index (χ0v) is 19.0. The molecule has 5 aliphatic rings. The van der Waals surface area contributed by atoms with Gasteiger partial charge in [0, 0.05) is 17.8 Å². The van der Waals surface area contributed by atoms with Crippen LogP contribution < -0.4 is 0 Å². The SMILES string of the molecule is CC(=O)OC1CCC(C)(C)C2CCC34C=CC5(COC(C)(C)OC5CC3C12C)C4. The van der Waals surface area contributed by atoms with Gasteiger partial charge in [-0.05, 0) is 75.0 Å². The summed E-state index contributed by atoms with van der Waals surface area (Å²) in [7, 11) is 0. The highest BCUT2D eigenvalue weighted by Gasteiger charge is 2.70. The molecule has 0 aromatic rings. The lowest BCUT2D eigenvalue weighted by Gasteiger charge is -2.67. The van der Waals surface area contributed by atoms with Gasteiger partial charge in [0.05, 0.1) is 12.7 Å². The van der Waals surface area contributed by atoms with Crippen LogP contribution in [0.5, 0.6) is 0 Å². The molecule has 29 heavy (non-hydrogen) atoms. The molecule has 162 valence electrons. The van der Waals surface area contributed by atoms with Crippen LogP contribution in [0, 0.1) is 33.5 Å². The third-order valence-electron chi connectivity index (χ3n) is 9.70. The third kappa shape index (κ3) is 2.67. The van der Waals surface area contributed by atoms with E-state index in [1.807, 2.05) is 13.8 Å². The van der Waals surface area contributed by atoms with Crippen LogP contribution in [0.1, 0.15) is 80.1 Å². The fraction of sp³-hybridized carbons (Fsp3) is 0.880. The Morgan fingerprint density at radius 2 is 1.72 bits per heavy atom. The van der Waals surface area contributed by atoms with Crippen molar-refractivity contribution >= 4 is 5.97 Å². The van der Waals surface area contributed by atoms with Crippen molar-refractivity contribution in [1.29, 1.82) is 0 Å². The molecular formula is C25H38O4. The Morgan fingerprint density at radius 1 is 1.00 bits per heavy atom. The highest BCUT2D eigenvalue weighted by atomic mass is 16.7. The maximum Gasteiger partial charge on any atom is 0.302 e. The maximum absolute atomic E-state index is 12.0. The van der Waals surface area contributed by atoms with E-state index in [1.54, 1.807) is 6.92 Å². The van der Waals surface area contributed by atoms with Crippen molar-refractivity contribution in [2.24, 2.45) is 33.5 Å². The molecule has 0 amide bonds. The van der Waals surface area contributed by atoms with E-state index in [0.717, 1.165) is 32.3 Å². The van der Waals surface area contributed by atoms with E-state index >= 15 is 0 Å². The number of hydrogen-bond donors (Lipinski definition) is 0. The zero-order valence-electron chi connectivity index (χ0n) is 19.0. The largest absolute Gasteiger partial charge is 0.462 e. The molecule has 2 spiro atoms. The fourth-order valence-corrected chi connectivity index (χ4v) is 8.49. The summed E-state index contributed by atoms with van der Waals surface area (Å²) in [6.07, 6.45) is 11.9. The van der Waals surface area contributed by atoms with Crippen molar-refractivity contribution < 1.29 is 19.0 Å². The van der Waals surface area contributed by atoms with Gasteiger partial charge in [0.1, 0.15) is 6.10 Å². The van der Waals surface area contributed by atoms with Crippen LogP contribution in [0.3, 0.4) is 0 Å². The van der Waals surface area contributed by atoms with Gasteiger partial charge in [-0.1, -0.05) is 32.9 Å². The summed E-state index contributed by atoms with van der Waals surface area (Å²) < 4.78 is 18.7. The van der Waals surface area contributed by atoms with Crippen molar-refractivity contribution in [2.75, 3.05) is 6.61 Å². The molecule has 3 saturated carbocycles. The molecule has 0 radical (unpaired) electrons. The van der Waals surface area contributed by atoms with Crippen LogP contribution in [-0.4, -0.2) is 30.6 Å². The van der Waals surface area contributed by atoms with Gasteiger partial charge in [-0.2, -0.15) is 0 Å². The monoisotopic (exact) mass is 402 g/mol. The molecule has 0 N–H and O–H groups in total. The van der Waals surface area contributed by atoms with E-state index in [1.165, 1.54) is 12.8 Å². The molecular weight excluding hydrogens is 364 g/mol. The Kier molecular flexibility index (Phi) is 4.07. The molecule has 0 aromatic heterocycles. The van der Waals surface area contributed by atoms with Gasteiger partial charge in [0.25, 0.3) is 0 Å². The molecule has 4 aliphatic carbocycles. The third-order valence-corrected chi connectivity index (χ3v) is 9.70. The Bertz CT molecular complexity index is 754. The minimum atomic E-state index is -0.525. The van der Waals surface area contributed by atoms with Crippen molar-refractivity contribution in [1.82, 2.24) is 0 Å². The van der Waals surface area contributed by atoms with Gasteiger partial charge in [-0.15, -0.1) is 0 Å². The number of carbonyl (C=O) groups excluding carboxylic acids is 1. The van der Waals surface area contributed by atoms with Gasteiger partial charge in [0.2, 0.25) is 0 Å². The van der Waals surface area contributed by atoms with Gasteiger partial charge >= 0.3 is 5.97 Å². The van der Waals surface area contributed by atoms with Crippen molar-refractivity contribution in [3.05, 3.63) is 12.2 Å². The van der Waals surface area contributed by atoms with Crippen LogP contribution in [0.25, 0.3) is 0 Å². The highest BCUT2D eigenvalue weighted by molar-refractivity contribution is 5.66. The molecule has 7 unspecified atom stereocenters. The average molecular weight is 403 g/mol. The first-order valence-corrected chi connectivity index (χ1v) is 11.6. The highest BCUT2D eigenvalue weighted by Crippen LogP contribution is 2.73. The van der Waals surface area contributed by atoms with Crippen molar-refractivity contribution in [3.8, 4) is 0 Å². The van der Waals surface area contributed by atoms with Gasteiger partial charge < -0.3 is 14.2 Å². The number of ether oxygens (including phenoxy) is 3. The van der Waals surface area contributed by atoms with E-state index in [-0.39, 0.29) is 39.8 Å². The zero-order chi connectivity index (χ0) is 20.9. The van der Waals surface area contributed by atoms with Crippen LogP contribution in [0.4, 0.5) is 0 Å². The lowest BCUT2D eigenvalue weighted by atomic mass is 9.39. The topological polar surface area (TPSA) is 44.8 Å². The normalized spacial score (nSPS) is 51.5. The minimum absolute atomic E-state index is 0.00884. The summed E-state index contributed by atoms with van der Waals surface area (Å²) in [6, 6.07) is 0. The van der Waals surface area contributed by atoms with Gasteiger partial charge in [-0.3, -0.25) is 4.79 Å². The molecule has 5 rings (SSSR count). The number of esters is 1. The number of carbonyl (C=O) groups is 1. The van der Waals surface area contributed by atoms with Gasteiger partial charge in [-0.25, -0.2) is 0 Å². The van der Waals surface area contributed by atoms with Gasteiger partial charge in [0.15, 0.2) is 5.79 Å². The Balaban J connectivity index is 1.58. The molecule has 1 heterocycles. The quantitative estimate of drug-likeness (QED) is 0.443. The number of allylic oxidation sites excluding steroid dienone is 1. The predicted octanol–water partition coefficient (Wildman–Crippen LogP) is 5.26. The van der Waals surface area contributed by atoms with E-state index in [2.05, 4.69) is 32.9 Å². The first-order chi connectivity index (χ1) is 13.4. The van der Waals surface area contributed by atoms with Crippen LogP contribution in [0.2, 0.25) is 0 Å². The van der Waals surface area contributed by atoms with Crippen LogP contribution in [-0.2, 0) is 19.0 Å². The minimum Gasteiger partial charge on any atom is -0.462 e. The number of rotatable bonds is 1. The molecule has 4 nitrogen and oxygen atoms in total. The standard InChI is InChI=1S/C25H38O4/c1-16(26)28-19-8-9-21(2,3)17-7-10-24-11-12-25(14-24)15-27-22(4,5)29-20(25)13-18(24)23(17,19)6/h11-12,17-20H,7-10,13-15H2,1-6H3. The summed E-state index contributed by atoms with van der Waals surface area (Å²) >= 11 is 0. The van der Waals surface area contributed by atoms with Crippen LogP contribution in [0.15, 0.2) is 12.2 Å². The maximum atomic E-state index is 12.0. The van der Waals surface area contributed by atoms with Crippen molar-refractivity contribution in [3.63, 3.8) is 0 Å². The Morgan fingerprint density at radius 3 is 2.45 bits per heavy atom. The smallest absolute Gasteiger partial charge is 0.302 e. The summed E-state index contributed by atoms with van der Waals surface area (Å²) in [5.74, 6) is 0.383. The van der Waals surface area contributed by atoms with E-state index < -0.39 is 5.79 Å². The summed E-state index contributed by atoms with van der Waals surface area (Å²) in [6.45, 7) is 13.7. The number of hydrogen-bond acceptors (Lipinski definition) is 4. The lowest BCUT2D eigenvalue weighted by Crippen LogP contribution is -2.65. The van der Waals surface area contributed by atoms with E-state index in [4.69, 9.17) is 14.2 Å². The summed E-state index contributed by atoms with van der Waals surface area (Å²) in [5, 5.41) is 0. The average Bonchev–Trinajstić information content (AvgIpc) is 2.91. The molecule has 7 atom stereocenters. The molecule has 0 aromatic carbocycles. The van der Waals surface area contributed by atoms with E-state index in [9.17, 15) is 4.79 Å². The molecule has 4 heteroatoms. The molecule has 4 fully saturated rings. The lowest BCUT2D eigenvalue weighted by molar-refractivity contribution is -0.332. The van der Waals surface area contributed by atoms with Crippen LogP contribution >= 0.6 is 0 Å². The molecule has 1 saturated heterocycles. The molecule has 2 bridgehead atoms. The molecule has 1 aliphatic heterocycles. The summed E-state index contributed by atoms with van der Waals surface area (Å²) in [5.41, 5.74) is 0.482. The Hall–Kier alpha value is -0.870. The van der Waals surface area contributed by atoms with Crippen molar-refractivity contribution in [2.45, 2.75) is 98.1 Å². The first-order valence-electron chi connectivity index (χ1n) is 11.6. The Labute approximate surface area is 175 Å². The second-order valence-electron chi connectivity index (χ2n) is 12.1. The fourth-order valence-electron chi connectivity index (χ4n) is 8.49. The first kappa shape index (κ1) is 20.1. The number of fused-ring (bicyclic) bond motifs is 2. The predicted molar refractivity (Wildman–Crippen MR) is 111 cm³/mol.